The monoisotopic (exact) mass is 469 g/mol. The number of carbonyl (C=O) groups is 1. The minimum Gasteiger partial charge on any atom is -0.482 e. The Bertz CT molecular complexity index is 1070. The standard InChI is InChI=1S/C23H20F5NO4/c24-13-23(27,28)33-21-17(25)9-14(10-18(21)26)16-11-22(32-19-4-2-1-3-15(16)19)5-7-29(8-6-22)12-20(30)31/h1-4,9-11H,5-8,12-13H2,(H,30,31). The van der Waals surface area contributed by atoms with Crippen LogP contribution in [0.15, 0.2) is 42.5 Å². The van der Waals surface area contributed by atoms with Crippen molar-refractivity contribution in [2.45, 2.75) is 24.6 Å². The Morgan fingerprint density at radius 1 is 1.15 bits per heavy atom. The third kappa shape index (κ3) is 4.80. The number of carboxylic acids is 1. The molecule has 33 heavy (non-hydrogen) atoms. The first-order valence-electron chi connectivity index (χ1n) is 10.2. The highest BCUT2D eigenvalue weighted by atomic mass is 19.3. The molecule has 0 amide bonds. The first kappa shape index (κ1) is 23.0. The van der Waals surface area contributed by atoms with Crippen molar-refractivity contribution in [2.75, 3.05) is 26.3 Å². The number of likely N-dealkylation sites (tertiary alicyclic amines) is 1. The summed E-state index contributed by atoms with van der Waals surface area (Å²) in [4.78, 5) is 12.8. The number of ether oxygens (including phenoxy) is 2. The van der Waals surface area contributed by atoms with Crippen molar-refractivity contribution >= 4 is 11.5 Å². The number of hydrogen-bond acceptors (Lipinski definition) is 4. The van der Waals surface area contributed by atoms with E-state index in [0.29, 0.717) is 42.8 Å². The number of aliphatic carboxylic acids is 1. The van der Waals surface area contributed by atoms with Gasteiger partial charge < -0.3 is 14.6 Å². The second kappa shape index (κ2) is 8.66. The molecule has 2 aliphatic heterocycles. The molecule has 2 aromatic carbocycles. The van der Waals surface area contributed by atoms with E-state index in [4.69, 9.17) is 9.84 Å². The number of halogens is 5. The van der Waals surface area contributed by atoms with Gasteiger partial charge >= 0.3 is 12.1 Å². The van der Waals surface area contributed by atoms with Crippen LogP contribution in [0.4, 0.5) is 22.0 Å². The molecule has 0 saturated carbocycles. The topological polar surface area (TPSA) is 59.0 Å². The fraction of sp³-hybridized carbons (Fsp3) is 0.348. The number of nitrogens with zero attached hydrogens (tertiary/aromatic N) is 1. The van der Waals surface area contributed by atoms with Crippen molar-refractivity contribution in [2.24, 2.45) is 0 Å². The van der Waals surface area contributed by atoms with Crippen molar-refractivity contribution in [3.63, 3.8) is 0 Å². The Balaban J connectivity index is 1.71. The van der Waals surface area contributed by atoms with E-state index in [0.717, 1.165) is 12.1 Å². The van der Waals surface area contributed by atoms with Crippen LogP contribution in [0.25, 0.3) is 5.57 Å². The van der Waals surface area contributed by atoms with Crippen molar-refractivity contribution in [1.82, 2.24) is 4.90 Å². The van der Waals surface area contributed by atoms with Crippen LogP contribution in [0, 0.1) is 11.6 Å². The van der Waals surface area contributed by atoms with Crippen LogP contribution in [0.3, 0.4) is 0 Å². The highest BCUT2D eigenvalue weighted by Crippen LogP contribution is 2.44. The predicted octanol–water partition coefficient (Wildman–Crippen LogP) is 4.65. The zero-order valence-electron chi connectivity index (χ0n) is 17.3. The summed E-state index contributed by atoms with van der Waals surface area (Å²) in [5.74, 6) is -4.61. The van der Waals surface area contributed by atoms with Crippen molar-refractivity contribution in [3.05, 3.63) is 65.2 Å². The summed E-state index contributed by atoms with van der Waals surface area (Å²) >= 11 is 0. The Morgan fingerprint density at radius 2 is 1.79 bits per heavy atom. The molecule has 0 radical (unpaired) electrons. The molecule has 1 fully saturated rings. The smallest absolute Gasteiger partial charge is 0.427 e. The van der Waals surface area contributed by atoms with Crippen LogP contribution >= 0.6 is 0 Å². The Hall–Kier alpha value is -3.14. The fourth-order valence-electron chi connectivity index (χ4n) is 4.12. The molecular weight excluding hydrogens is 449 g/mol. The number of fused-ring (bicyclic) bond motifs is 1. The maximum atomic E-state index is 14.6. The number of rotatable bonds is 6. The maximum absolute atomic E-state index is 14.6. The van der Waals surface area contributed by atoms with Crippen molar-refractivity contribution < 1.29 is 41.3 Å². The van der Waals surface area contributed by atoms with Gasteiger partial charge in [-0.15, -0.1) is 0 Å². The SMILES string of the molecule is O=C(O)CN1CCC2(C=C(c3cc(F)c(OC(F)(F)CF)c(F)c3)c3ccccc3O2)CC1. The molecule has 2 heterocycles. The molecule has 2 aromatic rings. The van der Waals surface area contributed by atoms with E-state index in [2.05, 4.69) is 4.74 Å². The predicted molar refractivity (Wildman–Crippen MR) is 108 cm³/mol. The highest BCUT2D eigenvalue weighted by molar-refractivity contribution is 5.85. The van der Waals surface area contributed by atoms with Gasteiger partial charge in [0.25, 0.3) is 0 Å². The second-order valence-electron chi connectivity index (χ2n) is 8.03. The average Bonchev–Trinajstić information content (AvgIpc) is 2.77. The minimum absolute atomic E-state index is 0.0732. The summed E-state index contributed by atoms with van der Waals surface area (Å²) in [5.41, 5.74) is 0.231. The average molecular weight is 469 g/mol. The lowest BCUT2D eigenvalue weighted by Crippen LogP contribution is -2.49. The zero-order chi connectivity index (χ0) is 23.8. The number of hydrogen-bond donors (Lipinski definition) is 1. The van der Waals surface area contributed by atoms with Gasteiger partial charge in [0.15, 0.2) is 24.1 Å². The molecule has 1 N–H and O–H groups in total. The fourth-order valence-corrected chi connectivity index (χ4v) is 4.12. The van der Waals surface area contributed by atoms with Gasteiger partial charge in [0, 0.05) is 31.5 Å². The van der Waals surface area contributed by atoms with Gasteiger partial charge in [0.1, 0.15) is 11.4 Å². The lowest BCUT2D eigenvalue weighted by molar-refractivity contribution is -0.189. The molecule has 10 heteroatoms. The number of carboxylic acid groups (broad SMARTS) is 1. The third-order valence-electron chi connectivity index (χ3n) is 5.68. The Kier molecular flexibility index (Phi) is 6.04. The largest absolute Gasteiger partial charge is 0.482 e. The zero-order valence-corrected chi connectivity index (χ0v) is 17.3. The maximum Gasteiger partial charge on any atom is 0.427 e. The molecule has 2 aliphatic rings. The molecule has 176 valence electrons. The van der Waals surface area contributed by atoms with Gasteiger partial charge in [-0.25, -0.2) is 13.2 Å². The highest BCUT2D eigenvalue weighted by Gasteiger charge is 2.40. The summed E-state index contributed by atoms with van der Waals surface area (Å²) in [6.45, 7) is -1.46. The molecule has 0 unspecified atom stereocenters. The van der Waals surface area contributed by atoms with Crippen LogP contribution in [-0.4, -0.2) is 54.0 Å². The van der Waals surface area contributed by atoms with E-state index in [1.165, 1.54) is 0 Å². The molecular formula is C23H20F5NO4. The van der Waals surface area contributed by atoms with Gasteiger partial charge in [-0.1, -0.05) is 18.2 Å². The summed E-state index contributed by atoms with van der Waals surface area (Å²) < 4.78 is 78.1. The first-order chi connectivity index (χ1) is 15.6. The lowest BCUT2D eigenvalue weighted by atomic mass is 9.83. The van der Waals surface area contributed by atoms with Gasteiger partial charge in [-0.2, -0.15) is 8.78 Å². The van der Waals surface area contributed by atoms with Crippen molar-refractivity contribution in [3.8, 4) is 11.5 Å². The van der Waals surface area contributed by atoms with Crippen LogP contribution in [-0.2, 0) is 4.79 Å². The molecule has 0 aromatic heterocycles. The van der Waals surface area contributed by atoms with Gasteiger partial charge in [0.05, 0.1) is 6.54 Å². The van der Waals surface area contributed by atoms with Gasteiger partial charge in [-0.05, 0) is 35.4 Å². The quantitative estimate of drug-likeness (QED) is 0.625. The molecule has 0 aliphatic carbocycles. The number of alkyl halides is 3. The molecule has 1 spiro atoms. The molecule has 4 rings (SSSR count). The molecule has 0 atom stereocenters. The van der Waals surface area contributed by atoms with Crippen LogP contribution < -0.4 is 9.47 Å². The lowest BCUT2D eigenvalue weighted by Gasteiger charge is -2.42. The van der Waals surface area contributed by atoms with Crippen molar-refractivity contribution in [1.29, 1.82) is 0 Å². The second-order valence-corrected chi connectivity index (χ2v) is 8.03. The summed E-state index contributed by atoms with van der Waals surface area (Å²) in [5, 5.41) is 9.02. The van der Waals surface area contributed by atoms with Gasteiger partial charge in [-0.3, -0.25) is 9.69 Å². The summed E-state index contributed by atoms with van der Waals surface area (Å²) in [7, 11) is 0. The minimum atomic E-state index is -4.36. The van der Waals surface area contributed by atoms with E-state index in [-0.39, 0.29) is 12.1 Å². The van der Waals surface area contributed by atoms with E-state index < -0.39 is 41.7 Å². The van der Waals surface area contributed by atoms with E-state index in [1.807, 2.05) is 0 Å². The molecule has 0 bridgehead atoms. The van der Waals surface area contributed by atoms with Crippen LogP contribution in [0.2, 0.25) is 0 Å². The summed E-state index contributed by atoms with van der Waals surface area (Å²) in [6, 6.07) is 8.58. The number of para-hydroxylation sites is 1. The number of piperidine rings is 1. The van der Waals surface area contributed by atoms with E-state index >= 15 is 0 Å². The molecule has 1 saturated heterocycles. The Morgan fingerprint density at radius 3 is 2.39 bits per heavy atom. The third-order valence-corrected chi connectivity index (χ3v) is 5.68. The van der Waals surface area contributed by atoms with Crippen LogP contribution in [0.5, 0.6) is 11.5 Å². The van der Waals surface area contributed by atoms with E-state index in [9.17, 15) is 26.7 Å². The van der Waals surface area contributed by atoms with E-state index in [1.54, 1.807) is 35.2 Å². The first-order valence-corrected chi connectivity index (χ1v) is 10.2. The normalized spacial score (nSPS) is 17.8. The number of benzene rings is 2. The van der Waals surface area contributed by atoms with Gasteiger partial charge in [0.2, 0.25) is 0 Å². The molecule has 5 nitrogen and oxygen atoms in total. The summed E-state index contributed by atoms with van der Waals surface area (Å²) in [6.07, 6.45) is -1.75. The Labute approximate surface area is 186 Å². The van der Waals surface area contributed by atoms with Crippen LogP contribution in [0.1, 0.15) is 24.0 Å².